The summed E-state index contributed by atoms with van der Waals surface area (Å²) in [5.74, 6) is 0. The molecule has 1 nitrogen and oxygen atoms in total. The van der Waals surface area contributed by atoms with Crippen molar-refractivity contribution in [3.05, 3.63) is 41.5 Å². The summed E-state index contributed by atoms with van der Waals surface area (Å²) in [4.78, 5) is 0. The highest BCUT2D eigenvalue weighted by Gasteiger charge is 1.87. The van der Waals surface area contributed by atoms with Gasteiger partial charge in [0.2, 0.25) is 0 Å². The van der Waals surface area contributed by atoms with Gasteiger partial charge in [0, 0.05) is 6.04 Å². The van der Waals surface area contributed by atoms with Gasteiger partial charge in [-0.15, -0.1) is 0 Å². The van der Waals surface area contributed by atoms with E-state index in [1.54, 1.807) is 0 Å². The van der Waals surface area contributed by atoms with Gasteiger partial charge < -0.3 is 5.73 Å². The van der Waals surface area contributed by atoms with Crippen LogP contribution >= 0.6 is 0 Å². The standard InChI is InChI=1S/C11H15N/c1-9-3-6-11(7-4-9)8-5-10(2)12/h3-8,10H,12H2,1-2H3/b8-5+/t10-/m0/s1. The molecule has 12 heavy (non-hydrogen) atoms. The molecule has 1 aromatic rings. The van der Waals surface area contributed by atoms with E-state index in [0.29, 0.717) is 0 Å². The molecule has 0 aliphatic heterocycles. The van der Waals surface area contributed by atoms with Crippen LogP contribution in [0.3, 0.4) is 0 Å². The lowest BCUT2D eigenvalue weighted by atomic mass is 10.1. The molecule has 0 saturated carbocycles. The Labute approximate surface area is 73.9 Å². The maximum absolute atomic E-state index is 5.58. The van der Waals surface area contributed by atoms with Crippen LogP contribution in [0.15, 0.2) is 30.3 Å². The van der Waals surface area contributed by atoms with Crippen molar-refractivity contribution in [2.45, 2.75) is 19.9 Å². The summed E-state index contributed by atoms with van der Waals surface area (Å²) in [6, 6.07) is 8.51. The Hall–Kier alpha value is -1.08. The Morgan fingerprint density at radius 3 is 2.33 bits per heavy atom. The molecule has 1 aromatic carbocycles. The van der Waals surface area contributed by atoms with Gasteiger partial charge in [-0.3, -0.25) is 0 Å². The number of rotatable bonds is 2. The van der Waals surface area contributed by atoms with Crippen LogP contribution in [0.4, 0.5) is 0 Å². The molecule has 0 heterocycles. The quantitative estimate of drug-likeness (QED) is 0.708. The molecule has 2 N–H and O–H groups in total. The minimum absolute atomic E-state index is 0.131. The Morgan fingerprint density at radius 2 is 1.83 bits per heavy atom. The third kappa shape index (κ3) is 2.89. The smallest absolute Gasteiger partial charge is 0.0198 e. The van der Waals surface area contributed by atoms with Gasteiger partial charge in [0.15, 0.2) is 0 Å². The fourth-order valence-corrected chi connectivity index (χ4v) is 0.940. The Bertz CT molecular complexity index is 257. The molecule has 0 amide bonds. The van der Waals surface area contributed by atoms with E-state index in [4.69, 9.17) is 5.73 Å². The zero-order valence-corrected chi connectivity index (χ0v) is 7.62. The van der Waals surface area contributed by atoms with E-state index in [1.165, 1.54) is 11.1 Å². The highest BCUT2D eigenvalue weighted by Crippen LogP contribution is 2.04. The second kappa shape index (κ2) is 4.07. The molecule has 0 spiro atoms. The van der Waals surface area contributed by atoms with Crippen molar-refractivity contribution in [3.8, 4) is 0 Å². The molecule has 0 fully saturated rings. The Morgan fingerprint density at radius 1 is 1.25 bits per heavy atom. The maximum Gasteiger partial charge on any atom is 0.0198 e. The summed E-state index contributed by atoms with van der Waals surface area (Å²) >= 11 is 0. The second-order valence-corrected chi connectivity index (χ2v) is 3.13. The van der Waals surface area contributed by atoms with E-state index in [1.807, 2.05) is 19.1 Å². The van der Waals surface area contributed by atoms with Gasteiger partial charge in [0.25, 0.3) is 0 Å². The van der Waals surface area contributed by atoms with Crippen molar-refractivity contribution in [1.29, 1.82) is 0 Å². The molecule has 0 radical (unpaired) electrons. The predicted molar refractivity (Wildman–Crippen MR) is 53.9 cm³/mol. The molecular formula is C11H15N. The third-order valence-electron chi connectivity index (χ3n) is 1.67. The summed E-state index contributed by atoms with van der Waals surface area (Å²) in [5.41, 5.74) is 8.07. The summed E-state index contributed by atoms with van der Waals surface area (Å²) in [6.07, 6.45) is 4.04. The fourth-order valence-electron chi connectivity index (χ4n) is 0.940. The maximum atomic E-state index is 5.58. The van der Waals surface area contributed by atoms with Crippen LogP contribution in [-0.4, -0.2) is 6.04 Å². The van der Waals surface area contributed by atoms with Crippen molar-refractivity contribution in [2.24, 2.45) is 5.73 Å². The van der Waals surface area contributed by atoms with Crippen LogP contribution in [0.2, 0.25) is 0 Å². The third-order valence-corrected chi connectivity index (χ3v) is 1.67. The van der Waals surface area contributed by atoms with E-state index in [0.717, 1.165) is 0 Å². The van der Waals surface area contributed by atoms with Crippen molar-refractivity contribution in [3.63, 3.8) is 0 Å². The van der Waals surface area contributed by atoms with Gasteiger partial charge in [-0.05, 0) is 19.4 Å². The molecule has 0 unspecified atom stereocenters. The highest BCUT2D eigenvalue weighted by atomic mass is 14.6. The lowest BCUT2D eigenvalue weighted by molar-refractivity contribution is 0.931. The molecule has 0 aliphatic carbocycles. The van der Waals surface area contributed by atoms with Crippen molar-refractivity contribution < 1.29 is 0 Å². The summed E-state index contributed by atoms with van der Waals surface area (Å²) in [5, 5.41) is 0. The number of nitrogens with two attached hydrogens (primary N) is 1. The van der Waals surface area contributed by atoms with Crippen LogP contribution in [0.1, 0.15) is 18.1 Å². The number of hydrogen-bond acceptors (Lipinski definition) is 1. The highest BCUT2D eigenvalue weighted by molar-refractivity contribution is 5.50. The van der Waals surface area contributed by atoms with E-state index < -0.39 is 0 Å². The van der Waals surface area contributed by atoms with Gasteiger partial charge in [-0.25, -0.2) is 0 Å². The van der Waals surface area contributed by atoms with Crippen molar-refractivity contribution >= 4 is 6.08 Å². The number of benzene rings is 1. The Balaban J connectivity index is 2.71. The van der Waals surface area contributed by atoms with Gasteiger partial charge >= 0.3 is 0 Å². The monoisotopic (exact) mass is 161 g/mol. The fraction of sp³-hybridized carbons (Fsp3) is 0.273. The average Bonchev–Trinajstić information content (AvgIpc) is 2.03. The first-order chi connectivity index (χ1) is 5.68. The largest absolute Gasteiger partial charge is 0.325 e. The minimum Gasteiger partial charge on any atom is -0.325 e. The average molecular weight is 161 g/mol. The lowest BCUT2D eigenvalue weighted by Gasteiger charge is -1.96. The SMILES string of the molecule is Cc1ccc(/C=C/[C@H](C)N)cc1. The molecule has 0 aromatic heterocycles. The summed E-state index contributed by atoms with van der Waals surface area (Å²) in [6.45, 7) is 4.05. The van der Waals surface area contributed by atoms with Gasteiger partial charge in [-0.2, -0.15) is 0 Å². The summed E-state index contributed by atoms with van der Waals surface area (Å²) in [7, 11) is 0. The van der Waals surface area contributed by atoms with Gasteiger partial charge in [0.1, 0.15) is 0 Å². The van der Waals surface area contributed by atoms with E-state index in [-0.39, 0.29) is 6.04 Å². The minimum atomic E-state index is 0.131. The first-order valence-corrected chi connectivity index (χ1v) is 4.19. The van der Waals surface area contributed by atoms with Crippen molar-refractivity contribution in [1.82, 2.24) is 0 Å². The molecule has 64 valence electrons. The van der Waals surface area contributed by atoms with E-state index >= 15 is 0 Å². The lowest BCUT2D eigenvalue weighted by Crippen LogP contribution is -2.09. The first kappa shape index (κ1) is 9.01. The van der Waals surface area contributed by atoms with Crippen LogP contribution in [0.5, 0.6) is 0 Å². The summed E-state index contributed by atoms with van der Waals surface area (Å²) < 4.78 is 0. The van der Waals surface area contributed by atoms with Crippen LogP contribution in [-0.2, 0) is 0 Å². The molecule has 0 saturated heterocycles. The molecule has 1 rings (SSSR count). The van der Waals surface area contributed by atoms with E-state index in [9.17, 15) is 0 Å². The van der Waals surface area contributed by atoms with Gasteiger partial charge in [0.05, 0.1) is 0 Å². The first-order valence-electron chi connectivity index (χ1n) is 4.19. The van der Waals surface area contributed by atoms with Gasteiger partial charge in [-0.1, -0.05) is 42.0 Å². The number of aryl methyl sites for hydroxylation is 1. The Kier molecular flexibility index (Phi) is 3.06. The topological polar surface area (TPSA) is 26.0 Å². The van der Waals surface area contributed by atoms with Crippen LogP contribution in [0, 0.1) is 6.92 Å². The van der Waals surface area contributed by atoms with Crippen LogP contribution in [0.25, 0.3) is 6.08 Å². The molecular weight excluding hydrogens is 146 g/mol. The predicted octanol–water partition coefficient (Wildman–Crippen LogP) is 2.36. The normalized spacial score (nSPS) is 13.6. The zero-order valence-electron chi connectivity index (χ0n) is 7.62. The zero-order chi connectivity index (χ0) is 8.97. The molecule has 0 aliphatic rings. The van der Waals surface area contributed by atoms with Crippen molar-refractivity contribution in [2.75, 3.05) is 0 Å². The van der Waals surface area contributed by atoms with Crippen LogP contribution < -0.4 is 5.73 Å². The molecule has 0 bridgehead atoms. The van der Waals surface area contributed by atoms with E-state index in [2.05, 4.69) is 31.2 Å². The molecule has 1 atom stereocenters. The number of hydrogen-bond donors (Lipinski definition) is 1. The molecule has 1 heteroatoms. The second-order valence-electron chi connectivity index (χ2n) is 3.13.